The summed E-state index contributed by atoms with van der Waals surface area (Å²) < 4.78 is 6.94. The van der Waals surface area contributed by atoms with Crippen LogP contribution in [0.25, 0.3) is 5.65 Å². The molecular weight excluding hydrogens is 299 g/mol. The predicted molar refractivity (Wildman–Crippen MR) is 76.6 cm³/mol. The Kier molecular flexibility index (Phi) is 3.34. The molecule has 0 bridgehead atoms. The molecule has 0 saturated heterocycles. The van der Waals surface area contributed by atoms with Gasteiger partial charge in [0.15, 0.2) is 11.4 Å². The van der Waals surface area contributed by atoms with Crippen molar-refractivity contribution in [2.45, 2.75) is 0 Å². The van der Waals surface area contributed by atoms with Crippen LogP contribution in [-0.4, -0.2) is 15.4 Å². The molecule has 2 heterocycles. The number of carbonyl (C=O) groups excluding carboxylic acids is 1. The van der Waals surface area contributed by atoms with Gasteiger partial charge in [-0.15, -0.1) is 0 Å². The number of hydrogen-bond donors (Lipinski definition) is 0. The summed E-state index contributed by atoms with van der Waals surface area (Å²) in [5.41, 5.74) is 0.865. The summed E-state index contributed by atoms with van der Waals surface area (Å²) in [5.74, 6) is -0.376. The minimum absolute atomic E-state index is 0.200. The third-order valence-corrected chi connectivity index (χ3v) is 3.49. The standard InChI is InChI=1S/C14H8Cl2N2O2/c15-9-4-3-5-11(13(9)16)20-14(19)10-8-18-7-2-1-6-12(18)17-10/h1-8H. The van der Waals surface area contributed by atoms with Crippen LogP contribution in [0.3, 0.4) is 0 Å². The first-order chi connectivity index (χ1) is 9.65. The molecule has 3 rings (SSSR count). The van der Waals surface area contributed by atoms with Crippen LogP contribution in [0.2, 0.25) is 10.0 Å². The summed E-state index contributed by atoms with van der Waals surface area (Å²) in [6, 6.07) is 10.3. The Bertz CT molecular complexity index is 766. The number of pyridine rings is 1. The molecule has 0 N–H and O–H groups in total. The largest absolute Gasteiger partial charge is 0.420 e. The molecule has 0 fully saturated rings. The molecule has 4 nitrogen and oxygen atoms in total. The van der Waals surface area contributed by atoms with E-state index in [0.29, 0.717) is 10.7 Å². The number of hydrogen-bond acceptors (Lipinski definition) is 3. The van der Waals surface area contributed by atoms with Gasteiger partial charge in [0.2, 0.25) is 0 Å². The minimum Gasteiger partial charge on any atom is -0.420 e. The van der Waals surface area contributed by atoms with Crippen LogP contribution in [0.15, 0.2) is 48.8 Å². The van der Waals surface area contributed by atoms with Crippen molar-refractivity contribution >= 4 is 34.8 Å². The van der Waals surface area contributed by atoms with Crippen molar-refractivity contribution in [1.29, 1.82) is 0 Å². The number of esters is 1. The van der Waals surface area contributed by atoms with E-state index >= 15 is 0 Å². The maximum absolute atomic E-state index is 12.0. The van der Waals surface area contributed by atoms with Crippen LogP contribution in [0.1, 0.15) is 10.5 Å². The van der Waals surface area contributed by atoms with Crippen LogP contribution in [0, 0.1) is 0 Å². The lowest BCUT2D eigenvalue weighted by Gasteiger charge is -2.05. The molecule has 0 radical (unpaired) electrons. The number of aromatic nitrogens is 2. The van der Waals surface area contributed by atoms with Crippen LogP contribution >= 0.6 is 23.2 Å². The zero-order chi connectivity index (χ0) is 14.1. The number of carbonyl (C=O) groups is 1. The van der Waals surface area contributed by atoms with Gasteiger partial charge < -0.3 is 9.14 Å². The van der Waals surface area contributed by atoms with Gasteiger partial charge in [0, 0.05) is 12.4 Å². The SMILES string of the molecule is O=C(Oc1cccc(Cl)c1Cl)c1cn2ccccc2n1. The van der Waals surface area contributed by atoms with Crippen molar-refractivity contribution in [2.75, 3.05) is 0 Å². The lowest BCUT2D eigenvalue weighted by Crippen LogP contribution is -2.09. The van der Waals surface area contributed by atoms with Crippen LogP contribution in [0.5, 0.6) is 5.75 Å². The smallest absolute Gasteiger partial charge is 0.364 e. The van der Waals surface area contributed by atoms with Gasteiger partial charge >= 0.3 is 5.97 Å². The number of ether oxygens (including phenoxy) is 1. The Morgan fingerprint density at radius 3 is 2.80 bits per heavy atom. The molecule has 1 aromatic carbocycles. The van der Waals surface area contributed by atoms with E-state index in [2.05, 4.69) is 4.98 Å². The summed E-state index contributed by atoms with van der Waals surface area (Å²) in [7, 11) is 0. The van der Waals surface area contributed by atoms with E-state index in [4.69, 9.17) is 27.9 Å². The Hall–Kier alpha value is -2.04. The third-order valence-electron chi connectivity index (χ3n) is 2.69. The van der Waals surface area contributed by atoms with E-state index in [9.17, 15) is 4.79 Å². The molecule has 2 aromatic heterocycles. The zero-order valence-electron chi connectivity index (χ0n) is 10.1. The minimum atomic E-state index is -0.585. The first kappa shape index (κ1) is 13.0. The van der Waals surface area contributed by atoms with E-state index in [0.717, 1.165) is 0 Å². The highest BCUT2D eigenvalue weighted by Gasteiger charge is 2.15. The van der Waals surface area contributed by atoms with E-state index < -0.39 is 5.97 Å². The normalized spacial score (nSPS) is 10.7. The maximum atomic E-state index is 12.0. The van der Waals surface area contributed by atoms with Gasteiger partial charge in [-0.2, -0.15) is 0 Å². The van der Waals surface area contributed by atoms with Gasteiger partial charge in [0.1, 0.15) is 10.7 Å². The second kappa shape index (κ2) is 5.15. The Morgan fingerprint density at radius 1 is 1.15 bits per heavy atom. The Balaban J connectivity index is 1.91. The molecule has 0 spiro atoms. The van der Waals surface area contributed by atoms with E-state index in [-0.39, 0.29) is 16.5 Å². The van der Waals surface area contributed by atoms with Crippen molar-refractivity contribution in [2.24, 2.45) is 0 Å². The summed E-state index contributed by atoms with van der Waals surface area (Å²) in [6.07, 6.45) is 3.39. The number of rotatable bonds is 2. The van der Waals surface area contributed by atoms with Crippen molar-refractivity contribution < 1.29 is 9.53 Å². The molecule has 20 heavy (non-hydrogen) atoms. The summed E-state index contributed by atoms with van der Waals surface area (Å²) in [4.78, 5) is 16.2. The van der Waals surface area contributed by atoms with Gasteiger partial charge in [0.05, 0.1) is 5.02 Å². The van der Waals surface area contributed by atoms with Gasteiger partial charge in [-0.05, 0) is 24.3 Å². The molecule has 0 unspecified atom stereocenters. The fourth-order valence-electron chi connectivity index (χ4n) is 1.75. The Labute approximate surface area is 124 Å². The molecular formula is C14H8Cl2N2O2. The average molecular weight is 307 g/mol. The number of nitrogens with zero attached hydrogens (tertiary/aromatic N) is 2. The van der Waals surface area contributed by atoms with E-state index in [1.165, 1.54) is 0 Å². The number of halogens is 2. The lowest BCUT2D eigenvalue weighted by atomic mass is 10.3. The summed E-state index contributed by atoms with van der Waals surface area (Å²) in [6.45, 7) is 0. The Morgan fingerprint density at radius 2 is 2.00 bits per heavy atom. The van der Waals surface area contributed by atoms with Gasteiger partial charge in [-0.25, -0.2) is 9.78 Å². The third kappa shape index (κ3) is 2.35. The van der Waals surface area contributed by atoms with E-state index in [1.54, 1.807) is 41.1 Å². The molecule has 0 aliphatic rings. The second-order valence-corrected chi connectivity index (χ2v) is 4.82. The summed E-state index contributed by atoms with van der Waals surface area (Å²) in [5, 5.41) is 0.526. The average Bonchev–Trinajstić information content (AvgIpc) is 2.88. The first-order valence-corrected chi connectivity index (χ1v) is 6.50. The number of benzene rings is 1. The lowest BCUT2D eigenvalue weighted by molar-refractivity contribution is 0.0729. The molecule has 6 heteroatoms. The molecule has 0 aliphatic carbocycles. The molecule has 0 amide bonds. The monoisotopic (exact) mass is 306 g/mol. The van der Waals surface area contributed by atoms with Gasteiger partial charge in [-0.3, -0.25) is 0 Å². The van der Waals surface area contributed by atoms with Crippen molar-refractivity contribution in [3.05, 3.63) is 64.5 Å². The van der Waals surface area contributed by atoms with Crippen molar-refractivity contribution in [1.82, 2.24) is 9.38 Å². The topological polar surface area (TPSA) is 43.6 Å². The van der Waals surface area contributed by atoms with Crippen molar-refractivity contribution in [3.8, 4) is 5.75 Å². The highest BCUT2D eigenvalue weighted by molar-refractivity contribution is 6.43. The first-order valence-electron chi connectivity index (χ1n) is 5.75. The summed E-state index contributed by atoms with van der Waals surface area (Å²) >= 11 is 11.8. The molecule has 0 aliphatic heterocycles. The van der Waals surface area contributed by atoms with Crippen LogP contribution < -0.4 is 4.74 Å². The zero-order valence-corrected chi connectivity index (χ0v) is 11.6. The van der Waals surface area contributed by atoms with Crippen molar-refractivity contribution in [3.63, 3.8) is 0 Å². The molecule has 0 saturated carbocycles. The van der Waals surface area contributed by atoms with Crippen LogP contribution in [-0.2, 0) is 0 Å². The molecule has 3 aromatic rings. The highest BCUT2D eigenvalue weighted by atomic mass is 35.5. The van der Waals surface area contributed by atoms with Gasteiger partial charge in [-0.1, -0.05) is 35.3 Å². The van der Waals surface area contributed by atoms with E-state index in [1.807, 2.05) is 12.1 Å². The number of imidazole rings is 1. The maximum Gasteiger partial charge on any atom is 0.364 e. The number of fused-ring (bicyclic) bond motifs is 1. The van der Waals surface area contributed by atoms with Gasteiger partial charge in [0.25, 0.3) is 0 Å². The molecule has 0 atom stereocenters. The fourth-order valence-corrected chi connectivity index (χ4v) is 2.08. The predicted octanol–water partition coefficient (Wildman–Crippen LogP) is 3.86. The molecule has 100 valence electrons. The quantitative estimate of drug-likeness (QED) is 0.533. The fraction of sp³-hybridized carbons (Fsp3) is 0. The van der Waals surface area contributed by atoms with Crippen LogP contribution in [0.4, 0.5) is 0 Å². The second-order valence-electron chi connectivity index (χ2n) is 4.03. The highest BCUT2D eigenvalue weighted by Crippen LogP contribution is 2.31.